The molecule has 148 valence electrons. The van der Waals surface area contributed by atoms with E-state index in [-0.39, 0.29) is 22.3 Å². The molecule has 0 fully saturated rings. The van der Waals surface area contributed by atoms with Crippen LogP contribution in [0.25, 0.3) is 21.9 Å². The summed E-state index contributed by atoms with van der Waals surface area (Å²) in [5.41, 5.74) is 4.94. The molecule has 29 heavy (non-hydrogen) atoms. The summed E-state index contributed by atoms with van der Waals surface area (Å²) in [5.74, 6) is 0.0184. The van der Waals surface area contributed by atoms with E-state index in [0.29, 0.717) is 16.5 Å². The number of imidazole rings is 1. The van der Waals surface area contributed by atoms with Crippen LogP contribution in [0.2, 0.25) is 0 Å². The Hall–Kier alpha value is -3.51. The number of aromatic nitrogens is 3. The maximum atomic E-state index is 14.6. The quantitative estimate of drug-likeness (QED) is 0.546. The van der Waals surface area contributed by atoms with Gasteiger partial charge < -0.3 is 9.72 Å². The lowest BCUT2D eigenvalue weighted by Crippen LogP contribution is -2.56. The number of ether oxygens (including phenoxy) is 1. The molecule has 0 aliphatic carbocycles. The van der Waals surface area contributed by atoms with Crippen molar-refractivity contribution in [1.29, 1.82) is 5.26 Å². The first-order valence-corrected chi connectivity index (χ1v) is 8.60. The van der Waals surface area contributed by atoms with Crippen molar-refractivity contribution in [3.05, 3.63) is 59.5 Å². The number of H-pyrrole nitrogens is 1. The summed E-state index contributed by atoms with van der Waals surface area (Å²) >= 11 is 0. The van der Waals surface area contributed by atoms with Gasteiger partial charge in [-0.25, -0.2) is 4.98 Å². The molecule has 4 rings (SSSR count). The number of nitrogens with zero attached hydrogens (tertiary/aromatic N) is 3. The van der Waals surface area contributed by atoms with E-state index in [9.17, 15) is 13.2 Å². The monoisotopic (exact) mass is 399 g/mol. The minimum absolute atomic E-state index is 0.0184. The Morgan fingerprint density at radius 2 is 2.00 bits per heavy atom. The third kappa shape index (κ3) is 2.57. The minimum Gasteiger partial charge on any atom is -0.496 e. The van der Waals surface area contributed by atoms with Crippen LogP contribution in [0, 0.1) is 18.3 Å². The average molecular weight is 399 g/mol. The van der Waals surface area contributed by atoms with Crippen molar-refractivity contribution in [1.82, 2.24) is 14.5 Å². The van der Waals surface area contributed by atoms with Gasteiger partial charge in [0.25, 0.3) is 0 Å². The molecule has 9 heteroatoms. The molecule has 6 nitrogen and oxygen atoms in total. The van der Waals surface area contributed by atoms with Gasteiger partial charge in [0.05, 0.1) is 41.7 Å². The lowest BCUT2D eigenvalue weighted by atomic mass is 9.92. The number of aryl methyl sites for hydroxylation is 1. The van der Waals surface area contributed by atoms with Crippen LogP contribution >= 0.6 is 0 Å². The van der Waals surface area contributed by atoms with Crippen molar-refractivity contribution in [2.24, 2.45) is 5.73 Å². The van der Waals surface area contributed by atoms with Crippen molar-refractivity contribution >= 4 is 21.9 Å². The summed E-state index contributed by atoms with van der Waals surface area (Å²) in [6.45, 7) is 1.77. The third-order valence-corrected chi connectivity index (χ3v) is 5.09. The second-order valence-electron chi connectivity index (χ2n) is 6.73. The highest BCUT2D eigenvalue weighted by atomic mass is 19.4. The van der Waals surface area contributed by atoms with Gasteiger partial charge in [0.2, 0.25) is 5.66 Å². The predicted molar refractivity (Wildman–Crippen MR) is 101 cm³/mol. The number of rotatable bonds is 3. The summed E-state index contributed by atoms with van der Waals surface area (Å²) in [7, 11) is 1.30. The van der Waals surface area contributed by atoms with E-state index in [1.807, 2.05) is 6.07 Å². The van der Waals surface area contributed by atoms with Crippen molar-refractivity contribution in [2.75, 3.05) is 7.11 Å². The van der Waals surface area contributed by atoms with Crippen molar-refractivity contribution < 1.29 is 17.9 Å². The fraction of sp³-hybridized carbons (Fsp3) is 0.200. The molecular weight excluding hydrogens is 383 g/mol. The van der Waals surface area contributed by atoms with Gasteiger partial charge in [-0.2, -0.15) is 18.4 Å². The number of hydrogen-bond acceptors (Lipinski definition) is 4. The van der Waals surface area contributed by atoms with E-state index >= 15 is 0 Å². The topological polar surface area (TPSA) is 92.7 Å². The van der Waals surface area contributed by atoms with Gasteiger partial charge in [0.15, 0.2) is 0 Å². The van der Waals surface area contributed by atoms with Crippen LogP contribution in [0.1, 0.15) is 16.7 Å². The van der Waals surface area contributed by atoms with Gasteiger partial charge in [-0.05, 0) is 42.8 Å². The van der Waals surface area contributed by atoms with E-state index in [2.05, 4.69) is 9.97 Å². The lowest BCUT2D eigenvalue weighted by Gasteiger charge is -2.35. The van der Waals surface area contributed by atoms with Gasteiger partial charge in [0, 0.05) is 17.1 Å². The van der Waals surface area contributed by atoms with Crippen LogP contribution in [0.3, 0.4) is 0 Å². The zero-order valence-corrected chi connectivity index (χ0v) is 15.5. The zero-order chi connectivity index (χ0) is 21.0. The van der Waals surface area contributed by atoms with E-state index < -0.39 is 11.8 Å². The molecule has 0 aliphatic heterocycles. The van der Waals surface area contributed by atoms with E-state index in [1.165, 1.54) is 31.4 Å². The molecule has 0 saturated carbocycles. The normalized spacial score (nSPS) is 14.1. The number of nitrogens with two attached hydrogens (primary N) is 1. The summed E-state index contributed by atoms with van der Waals surface area (Å²) in [6.07, 6.45) is -2.29. The Bertz CT molecular complexity index is 1280. The molecule has 4 aromatic rings. The van der Waals surface area contributed by atoms with Crippen molar-refractivity contribution in [3.63, 3.8) is 0 Å². The molecule has 1 atom stereocenters. The summed E-state index contributed by atoms with van der Waals surface area (Å²) < 4.78 is 50.0. The predicted octanol–water partition coefficient (Wildman–Crippen LogP) is 3.93. The van der Waals surface area contributed by atoms with E-state index in [0.717, 1.165) is 16.5 Å². The maximum Gasteiger partial charge on any atom is 0.430 e. The van der Waals surface area contributed by atoms with Crippen LogP contribution < -0.4 is 10.5 Å². The summed E-state index contributed by atoms with van der Waals surface area (Å²) in [5, 5.41) is 9.35. The SMILES string of the molecule is COc1cc(C)c2[nH]ccc2c1C(N)(n1cnc2cc(C#N)ccc21)C(F)(F)F. The molecule has 0 aliphatic rings. The fourth-order valence-corrected chi connectivity index (χ4v) is 3.69. The van der Waals surface area contributed by atoms with Gasteiger partial charge in [-0.3, -0.25) is 10.3 Å². The fourth-order valence-electron chi connectivity index (χ4n) is 3.69. The van der Waals surface area contributed by atoms with E-state index in [1.54, 1.807) is 19.2 Å². The number of fused-ring (bicyclic) bond motifs is 2. The van der Waals surface area contributed by atoms with Crippen LogP contribution in [0.4, 0.5) is 13.2 Å². The molecule has 1 unspecified atom stereocenters. The number of nitrogens with one attached hydrogen (secondary N) is 1. The lowest BCUT2D eigenvalue weighted by molar-refractivity contribution is -0.197. The number of halogens is 3. The molecule has 2 aromatic carbocycles. The molecule has 0 spiro atoms. The highest BCUT2D eigenvalue weighted by molar-refractivity contribution is 5.90. The van der Waals surface area contributed by atoms with Crippen molar-refractivity contribution in [3.8, 4) is 11.8 Å². The number of aromatic amines is 1. The number of nitriles is 1. The molecule has 2 heterocycles. The first-order chi connectivity index (χ1) is 13.7. The Morgan fingerprint density at radius 3 is 2.66 bits per heavy atom. The van der Waals surface area contributed by atoms with Gasteiger partial charge in [-0.15, -0.1) is 0 Å². The summed E-state index contributed by atoms with van der Waals surface area (Å²) in [4.78, 5) is 7.02. The Balaban J connectivity index is 2.13. The summed E-state index contributed by atoms with van der Waals surface area (Å²) in [6, 6.07) is 9.26. The Kier molecular flexibility index (Phi) is 4.06. The number of alkyl halides is 3. The van der Waals surface area contributed by atoms with E-state index in [4.69, 9.17) is 15.7 Å². The van der Waals surface area contributed by atoms with Gasteiger partial charge >= 0.3 is 6.18 Å². The first kappa shape index (κ1) is 18.8. The largest absolute Gasteiger partial charge is 0.496 e. The molecule has 0 amide bonds. The minimum atomic E-state index is -4.89. The highest BCUT2D eigenvalue weighted by Crippen LogP contribution is 2.46. The van der Waals surface area contributed by atoms with Crippen LogP contribution in [-0.4, -0.2) is 27.8 Å². The van der Waals surface area contributed by atoms with Gasteiger partial charge in [-0.1, -0.05) is 0 Å². The van der Waals surface area contributed by atoms with Crippen LogP contribution in [0.5, 0.6) is 5.75 Å². The third-order valence-electron chi connectivity index (χ3n) is 5.09. The number of hydrogen-bond donors (Lipinski definition) is 2. The molecule has 0 bridgehead atoms. The van der Waals surface area contributed by atoms with Crippen LogP contribution in [-0.2, 0) is 5.66 Å². The number of benzene rings is 2. The molecule has 0 radical (unpaired) electrons. The second kappa shape index (κ2) is 6.25. The standard InChI is InChI=1S/C20H16F3N5O/c1-11-7-16(29-2)17(13-5-6-26-18(11)13)19(25,20(21,22)23)28-10-27-14-8-12(9-24)3-4-15(14)28/h3-8,10,26H,25H2,1-2H3. The first-order valence-electron chi connectivity index (χ1n) is 8.60. The Morgan fingerprint density at radius 1 is 1.24 bits per heavy atom. The second-order valence-corrected chi connectivity index (χ2v) is 6.73. The maximum absolute atomic E-state index is 14.6. The van der Waals surface area contributed by atoms with Gasteiger partial charge in [0.1, 0.15) is 5.75 Å². The average Bonchev–Trinajstić information content (AvgIpc) is 3.33. The highest BCUT2D eigenvalue weighted by Gasteiger charge is 2.57. The smallest absolute Gasteiger partial charge is 0.430 e. The molecule has 2 aromatic heterocycles. The van der Waals surface area contributed by atoms with Crippen LogP contribution in [0.15, 0.2) is 42.9 Å². The van der Waals surface area contributed by atoms with Crippen molar-refractivity contribution in [2.45, 2.75) is 18.8 Å². The zero-order valence-electron chi connectivity index (χ0n) is 15.5. The molecule has 0 saturated heterocycles. The molecule has 3 N–H and O–H groups in total. The number of methoxy groups -OCH3 is 1. The molecular formula is C20H16F3N5O. The Labute approximate surface area is 163 Å².